The second kappa shape index (κ2) is 5.27. The third kappa shape index (κ3) is 3.73. The van der Waals surface area contributed by atoms with E-state index >= 15 is 0 Å². The normalized spacial score (nSPS) is 23.7. The van der Waals surface area contributed by atoms with E-state index in [0.717, 1.165) is 12.8 Å². The lowest BCUT2D eigenvalue weighted by Crippen LogP contribution is -2.49. The molecule has 0 aromatic heterocycles. The van der Waals surface area contributed by atoms with Crippen molar-refractivity contribution in [3.05, 3.63) is 0 Å². The second-order valence-corrected chi connectivity index (χ2v) is 6.89. The summed E-state index contributed by atoms with van der Waals surface area (Å²) in [5.74, 6) is -0.113. The van der Waals surface area contributed by atoms with Gasteiger partial charge in [-0.15, -0.1) is 0 Å². The Hall–Kier alpha value is -0.140. The van der Waals surface area contributed by atoms with E-state index in [1.54, 1.807) is 0 Å². The van der Waals surface area contributed by atoms with E-state index in [-0.39, 0.29) is 16.6 Å². The summed E-state index contributed by atoms with van der Waals surface area (Å²) in [6, 6.07) is -0.0509. The molecule has 5 nitrogen and oxygen atoms in total. The van der Waals surface area contributed by atoms with Crippen LogP contribution in [0.25, 0.3) is 0 Å². The van der Waals surface area contributed by atoms with Crippen molar-refractivity contribution in [2.24, 2.45) is 0 Å². The lowest BCUT2D eigenvalue weighted by molar-refractivity contribution is -0.119. The molecule has 0 radical (unpaired) electrons. The molecule has 0 spiro atoms. The van der Waals surface area contributed by atoms with Crippen molar-refractivity contribution in [3.63, 3.8) is 0 Å². The zero-order valence-corrected chi connectivity index (χ0v) is 11.0. The first-order valence-corrected chi connectivity index (χ1v) is 7.49. The van der Waals surface area contributed by atoms with Crippen LogP contribution in [0.4, 0.5) is 0 Å². The predicted molar refractivity (Wildman–Crippen MR) is 61.1 cm³/mol. The molecule has 1 saturated heterocycles. The van der Waals surface area contributed by atoms with Crippen LogP contribution in [0.1, 0.15) is 19.8 Å². The van der Waals surface area contributed by atoms with Crippen LogP contribution in [0.3, 0.4) is 0 Å². The molecule has 1 unspecified atom stereocenters. The number of nitrogens with one attached hydrogen (secondary N) is 1. The number of hydrogen-bond donors (Lipinski definition) is 1. The molecule has 15 heavy (non-hydrogen) atoms. The summed E-state index contributed by atoms with van der Waals surface area (Å²) in [6.07, 6.45) is 1.63. The number of alkyl halides is 1. The van der Waals surface area contributed by atoms with Crippen LogP contribution in [-0.4, -0.2) is 42.4 Å². The van der Waals surface area contributed by atoms with Crippen LogP contribution in [0.2, 0.25) is 0 Å². The average Bonchev–Trinajstić information content (AvgIpc) is 2.17. The number of halogens is 1. The van der Waals surface area contributed by atoms with Gasteiger partial charge in [-0.3, -0.25) is 4.79 Å². The van der Waals surface area contributed by atoms with Crippen LogP contribution >= 0.6 is 15.9 Å². The van der Waals surface area contributed by atoms with E-state index in [1.165, 1.54) is 11.2 Å². The van der Waals surface area contributed by atoms with E-state index in [0.29, 0.717) is 13.1 Å². The number of sulfonamides is 1. The van der Waals surface area contributed by atoms with Gasteiger partial charge in [-0.1, -0.05) is 15.9 Å². The number of carbonyl (C=O) groups excluding carboxylic acids is 1. The van der Waals surface area contributed by atoms with Gasteiger partial charge in [-0.05, 0) is 12.8 Å². The monoisotopic (exact) mass is 298 g/mol. The minimum Gasteiger partial charge on any atom is -0.352 e. The summed E-state index contributed by atoms with van der Waals surface area (Å²) in [7, 11) is -3.19. The lowest BCUT2D eigenvalue weighted by Gasteiger charge is -2.31. The zero-order valence-electron chi connectivity index (χ0n) is 8.57. The quantitative estimate of drug-likeness (QED) is 0.761. The number of nitrogens with zero attached hydrogens (tertiary/aromatic N) is 1. The van der Waals surface area contributed by atoms with Gasteiger partial charge in [-0.2, -0.15) is 4.31 Å². The number of rotatable bonds is 3. The van der Waals surface area contributed by atoms with Gasteiger partial charge in [0.25, 0.3) is 0 Å². The summed E-state index contributed by atoms with van der Waals surface area (Å²) in [4.78, 5) is 10.8. The number of carbonyl (C=O) groups is 1. The fraction of sp³-hybridized carbons (Fsp3) is 0.875. The van der Waals surface area contributed by atoms with Crippen LogP contribution in [0.15, 0.2) is 0 Å². The van der Waals surface area contributed by atoms with E-state index < -0.39 is 10.0 Å². The first-order valence-electron chi connectivity index (χ1n) is 4.76. The maximum absolute atomic E-state index is 11.6. The minimum atomic E-state index is -3.19. The van der Waals surface area contributed by atoms with Gasteiger partial charge >= 0.3 is 0 Å². The predicted octanol–water partition coefficient (Wildman–Crippen LogP) is 0.269. The Balaban J connectivity index is 2.60. The van der Waals surface area contributed by atoms with Crippen molar-refractivity contribution in [1.29, 1.82) is 0 Å². The molecule has 1 aliphatic heterocycles. The van der Waals surface area contributed by atoms with Gasteiger partial charge in [0, 0.05) is 26.1 Å². The van der Waals surface area contributed by atoms with Crippen LogP contribution < -0.4 is 5.32 Å². The van der Waals surface area contributed by atoms with E-state index in [9.17, 15) is 13.2 Å². The topological polar surface area (TPSA) is 66.5 Å². The van der Waals surface area contributed by atoms with Crippen LogP contribution in [0, 0.1) is 0 Å². The van der Waals surface area contributed by atoms with Gasteiger partial charge in [0.1, 0.15) is 4.66 Å². The van der Waals surface area contributed by atoms with E-state index in [1.807, 2.05) is 0 Å². The Kier molecular flexibility index (Phi) is 4.54. The third-order valence-corrected chi connectivity index (χ3v) is 5.45. The highest BCUT2D eigenvalue weighted by Crippen LogP contribution is 2.15. The molecule has 1 rings (SSSR count). The van der Waals surface area contributed by atoms with Crippen molar-refractivity contribution in [2.75, 3.05) is 17.8 Å². The van der Waals surface area contributed by atoms with E-state index in [4.69, 9.17) is 0 Å². The molecule has 1 fully saturated rings. The van der Waals surface area contributed by atoms with Gasteiger partial charge in [-0.25, -0.2) is 8.42 Å². The Labute approximate surface area is 98.4 Å². The Bertz CT molecular complexity index is 331. The highest BCUT2D eigenvalue weighted by atomic mass is 79.9. The van der Waals surface area contributed by atoms with Gasteiger partial charge < -0.3 is 5.32 Å². The lowest BCUT2D eigenvalue weighted by atomic mass is 10.1. The highest BCUT2D eigenvalue weighted by molar-refractivity contribution is 9.10. The molecular weight excluding hydrogens is 284 g/mol. The fourth-order valence-electron chi connectivity index (χ4n) is 1.67. The summed E-state index contributed by atoms with van der Waals surface area (Å²) < 4.78 is 24.5. The average molecular weight is 299 g/mol. The smallest absolute Gasteiger partial charge is 0.224 e. The fourth-order valence-corrected chi connectivity index (χ4v) is 3.49. The molecule has 1 N–H and O–H groups in total. The van der Waals surface area contributed by atoms with Crippen molar-refractivity contribution in [1.82, 2.24) is 9.62 Å². The number of piperidine rings is 1. The summed E-state index contributed by atoms with van der Waals surface area (Å²) in [5.41, 5.74) is 0. The third-order valence-electron chi connectivity index (χ3n) is 2.32. The van der Waals surface area contributed by atoms with E-state index in [2.05, 4.69) is 21.2 Å². The Morgan fingerprint density at radius 3 is 2.80 bits per heavy atom. The molecule has 88 valence electrons. The molecule has 7 heteroatoms. The Morgan fingerprint density at radius 2 is 2.27 bits per heavy atom. The first kappa shape index (κ1) is 12.9. The molecule has 1 amide bonds. The van der Waals surface area contributed by atoms with Crippen molar-refractivity contribution in [3.8, 4) is 0 Å². The van der Waals surface area contributed by atoms with Crippen LogP contribution in [-0.2, 0) is 14.8 Å². The molecule has 1 heterocycles. The molecule has 0 bridgehead atoms. The molecule has 0 aliphatic carbocycles. The highest BCUT2D eigenvalue weighted by Gasteiger charge is 2.28. The first-order chi connectivity index (χ1) is 6.95. The second-order valence-electron chi connectivity index (χ2n) is 3.62. The van der Waals surface area contributed by atoms with Crippen molar-refractivity contribution in [2.45, 2.75) is 25.8 Å². The van der Waals surface area contributed by atoms with Crippen LogP contribution in [0.5, 0.6) is 0 Å². The molecule has 0 aromatic rings. The van der Waals surface area contributed by atoms with Crippen molar-refractivity contribution >= 4 is 31.9 Å². The standard InChI is InChI=1S/C8H15BrN2O3S/c1-7(12)10-8-3-2-4-11(5-8)15(13,14)6-9/h8H,2-6H2,1H3,(H,10,12). The minimum absolute atomic E-state index is 0.0509. The SMILES string of the molecule is CC(=O)NC1CCCN(S(=O)(=O)CBr)C1. The summed E-state index contributed by atoms with van der Waals surface area (Å²) >= 11 is 2.96. The maximum atomic E-state index is 11.6. The largest absolute Gasteiger partial charge is 0.352 e. The number of amides is 1. The molecule has 1 aliphatic rings. The summed E-state index contributed by atoms with van der Waals surface area (Å²) in [6.45, 7) is 2.37. The van der Waals surface area contributed by atoms with Gasteiger partial charge in [0.2, 0.25) is 15.9 Å². The maximum Gasteiger partial charge on any atom is 0.224 e. The summed E-state index contributed by atoms with van der Waals surface area (Å²) in [5, 5.41) is 2.75. The zero-order chi connectivity index (χ0) is 11.5. The molecule has 1 atom stereocenters. The number of hydrogen-bond acceptors (Lipinski definition) is 3. The molecular formula is C8H15BrN2O3S. The van der Waals surface area contributed by atoms with Gasteiger partial charge in [0.05, 0.1) is 0 Å². The molecule has 0 aromatic carbocycles. The van der Waals surface area contributed by atoms with Crippen molar-refractivity contribution < 1.29 is 13.2 Å². The van der Waals surface area contributed by atoms with Gasteiger partial charge in [0.15, 0.2) is 0 Å². The Morgan fingerprint density at radius 1 is 1.60 bits per heavy atom. The molecule has 0 saturated carbocycles.